The molecule has 1 saturated heterocycles. The van der Waals surface area contributed by atoms with Crippen LogP contribution in [-0.2, 0) is 19.7 Å². The van der Waals surface area contributed by atoms with Crippen molar-refractivity contribution in [3.8, 4) is 5.75 Å². The third kappa shape index (κ3) is 6.77. The molecule has 1 aliphatic heterocycles. The lowest BCUT2D eigenvalue weighted by Crippen LogP contribution is -2.55. The number of halogens is 1. The molecule has 3 atom stereocenters. The number of esters is 1. The molecule has 1 aliphatic rings. The average molecular weight is 579 g/mol. The molecule has 2 heterocycles. The summed E-state index contributed by atoms with van der Waals surface area (Å²) in [5.74, 6) is 0.124. The van der Waals surface area contributed by atoms with Crippen LogP contribution in [-0.4, -0.2) is 54.7 Å². The lowest BCUT2D eigenvalue weighted by atomic mass is 9.83. The van der Waals surface area contributed by atoms with Crippen LogP contribution in [0.2, 0.25) is 4.47 Å². The summed E-state index contributed by atoms with van der Waals surface area (Å²) in [4.78, 5) is 35.5. The zero-order valence-electron chi connectivity index (χ0n) is 24.7. The third-order valence-electron chi connectivity index (χ3n) is 7.10. The molecule has 1 fully saturated rings. The second-order valence-corrected chi connectivity index (χ2v) is 14.0. The van der Waals surface area contributed by atoms with Crippen molar-refractivity contribution in [3.05, 3.63) is 44.9 Å². The van der Waals surface area contributed by atoms with Gasteiger partial charge in [0.05, 0.1) is 26.4 Å². The summed E-state index contributed by atoms with van der Waals surface area (Å²) in [6.45, 7) is 15.1. The number of carbonyl (C=O) groups is 2. The summed E-state index contributed by atoms with van der Waals surface area (Å²) in [6.07, 6.45) is 2.57. The second kappa shape index (κ2) is 12.6. The fraction of sp³-hybridized carbons (Fsp3) is 0.633. The smallest absolute Gasteiger partial charge is 0.332 e. The quantitative estimate of drug-likeness (QED) is 0.284. The Balaban J connectivity index is 2.24. The van der Waals surface area contributed by atoms with Crippen molar-refractivity contribution in [2.75, 3.05) is 27.4 Å². The van der Waals surface area contributed by atoms with Gasteiger partial charge < -0.3 is 19.1 Å². The van der Waals surface area contributed by atoms with Crippen LogP contribution >= 0.6 is 22.9 Å². The first-order chi connectivity index (χ1) is 18.2. The van der Waals surface area contributed by atoms with Crippen LogP contribution in [0, 0.1) is 17.8 Å². The molecule has 216 valence electrons. The first-order valence-corrected chi connectivity index (χ1v) is 14.7. The highest BCUT2D eigenvalue weighted by atomic mass is 35.5. The summed E-state index contributed by atoms with van der Waals surface area (Å²) in [7, 11) is 3.25. The van der Waals surface area contributed by atoms with Crippen LogP contribution in [0.4, 0.5) is 0 Å². The Morgan fingerprint density at radius 2 is 1.87 bits per heavy atom. The van der Waals surface area contributed by atoms with Gasteiger partial charge >= 0.3 is 5.97 Å². The van der Waals surface area contributed by atoms with Crippen molar-refractivity contribution in [1.82, 2.24) is 9.88 Å². The van der Waals surface area contributed by atoms with Crippen LogP contribution in [0.15, 0.2) is 24.4 Å². The van der Waals surface area contributed by atoms with Gasteiger partial charge in [-0.2, -0.15) is 0 Å². The molecule has 1 aromatic carbocycles. The number of amides is 1. The topological polar surface area (TPSA) is 78.0 Å². The number of hydrogen-bond acceptors (Lipinski definition) is 7. The molecule has 7 nitrogen and oxygen atoms in total. The number of rotatable bonds is 10. The van der Waals surface area contributed by atoms with E-state index in [-0.39, 0.29) is 41.7 Å². The fourth-order valence-corrected chi connectivity index (χ4v) is 6.79. The Hall–Kier alpha value is -2.16. The van der Waals surface area contributed by atoms with E-state index >= 15 is 0 Å². The number of nitrogens with zero attached hydrogens (tertiary/aromatic N) is 2. The molecule has 0 N–H and O–H groups in total. The minimum absolute atomic E-state index is 0.122. The van der Waals surface area contributed by atoms with Crippen molar-refractivity contribution in [2.24, 2.45) is 17.8 Å². The molecular weight excluding hydrogens is 536 g/mol. The minimum atomic E-state index is -1.18. The van der Waals surface area contributed by atoms with Crippen molar-refractivity contribution in [2.45, 2.75) is 78.3 Å². The number of likely N-dealkylation sites (tertiary alicyclic amines) is 1. The van der Waals surface area contributed by atoms with E-state index in [0.29, 0.717) is 35.2 Å². The summed E-state index contributed by atoms with van der Waals surface area (Å²) >= 11 is 7.60. The number of carbonyl (C=O) groups excluding carboxylic acids is 2. The van der Waals surface area contributed by atoms with Crippen molar-refractivity contribution < 1.29 is 23.8 Å². The van der Waals surface area contributed by atoms with Gasteiger partial charge in [0.2, 0.25) is 0 Å². The van der Waals surface area contributed by atoms with Gasteiger partial charge in [-0.1, -0.05) is 66.1 Å². The molecular formula is C30H43ClN2O5S. The summed E-state index contributed by atoms with van der Waals surface area (Å²) in [6, 6.07) is 5.09. The molecule has 1 aromatic heterocycles. The van der Waals surface area contributed by atoms with Gasteiger partial charge in [-0.25, -0.2) is 9.78 Å². The number of thiazole rings is 1. The van der Waals surface area contributed by atoms with Gasteiger partial charge in [-0.05, 0) is 47.8 Å². The average Bonchev–Trinajstić information content (AvgIpc) is 3.42. The summed E-state index contributed by atoms with van der Waals surface area (Å²) < 4.78 is 17.6. The Bertz CT molecular complexity index is 1160. The molecule has 0 saturated carbocycles. The van der Waals surface area contributed by atoms with E-state index in [1.165, 1.54) is 11.3 Å². The van der Waals surface area contributed by atoms with Gasteiger partial charge in [-0.3, -0.25) is 4.79 Å². The molecule has 3 unspecified atom stereocenters. The molecule has 0 spiro atoms. The van der Waals surface area contributed by atoms with E-state index in [4.69, 9.17) is 25.8 Å². The largest absolute Gasteiger partial charge is 0.496 e. The summed E-state index contributed by atoms with van der Waals surface area (Å²) in [5.41, 5.74) is 0.0910. The lowest BCUT2D eigenvalue weighted by molar-refractivity contribution is -0.158. The van der Waals surface area contributed by atoms with Gasteiger partial charge in [0, 0.05) is 29.7 Å². The Morgan fingerprint density at radius 1 is 1.18 bits per heavy atom. The summed E-state index contributed by atoms with van der Waals surface area (Å²) in [5, 5.41) is 0. The lowest BCUT2D eigenvalue weighted by Gasteiger charge is -2.40. The number of methoxy groups -OCH3 is 2. The number of hydrogen-bond donors (Lipinski definition) is 0. The molecule has 1 amide bonds. The number of benzene rings is 1. The monoisotopic (exact) mass is 578 g/mol. The van der Waals surface area contributed by atoms with Gasteiger partial charge in [-0.15, -0.1) is 11.3 Å². The van der Waals surface area contributed by atoms with Crippen LogP contribution in [0.25, 0.3) is 0 Å². The Labute approximate surface area is 242 Å². The van der Waals surface area contributed by atoms with Gasteiger partial charge in [0.15, 0.2) is 4.47 Å². The van der Waals surface area contributed by atoms with E-state index in [2.05, 4.69) is 39.6 Å². The Kier molecular flexibility index (Phi) is 10.1. The third-order valence-corrected chi connectivity index (χ3v) is 8.29. The number of aromatic nitrogens is 1. The van der Waals surface area contributed by atoms with E-state index in [1.54, 1.807) is 31.4 Å². The molecule has 0 bridgehead atoms. The normalized spacial score (nSPS) is 21.6. The maximum Gasteiger partial charge on any atom is 0.332 e. The van der Waals surface area contributed by atoms with Crippen molar-refractivity contribution >= 4 is 34.8 Å². The minimum Gasteiger partial charge on any atom is -0.496 e. The number of ether oxygens (including phenoxy) is 3. The standard InChI is InChI=1S/C30H43ClN2O5S/c1-18(2)13-30(27(35)38-16-19(3)4)14-21(17-36-8)25(24-15-32-28(31)39-24)33(30)26(34)20-10-11-22(29(5,6)7)23(12-20)37-9/h10-12,15,18-19,21,25H,13-14,16-17H2,1-9H3. The highest BCUT2D eigenvalue weighted by Gasteiger charge is 2.60. The van der Waals surface area contributed by atoms with E-state index < -0.39 is 11.6 Å². The van der Waals surface area contributed by atoms with Crippen LogP contribution < -0.4 is 4.74 Å². The SMILES string of the molecule is COCC1CC(CC(C)C)(C(=O)OCC(C)C)N(C(=O)c2ccc(C(C)(C)C)c(OC)c2)C1c1cnc(Cl)s1. The van der Waals surface area contributed by atoms with E-state index in [0.717, 1.165) is 10.4 Å². The van der Waals surface area contributed by atoms with Crippen LogP contribution in [0.1, 0.15) is 88.1 Å². The molecule has 3 rings (SSSR count). The molecule has 9 heteroatoms. The zero-order chi connectivity index (χ0) is 29.1. The molecule has 39 heavy (non-hydrogen) atoms. The highest BCUT2D eigenvalue weighted by molar-refractivity contribution is 7.15. The fourth-order valence-electron chi connectivity index (χ4n) is 5.65. The predicted octanol–water partition coefficient (Wildman–Crippen LogP) is 6.94. The molecule has 0 aliphatic carbocycles. The second-order valence-electron chi connectivity index (χ2n) is 12.3. The Morgan fingerprint density at radius 3 is 2.38 bits per heavy atom. The van der Waals surface area contributed by atoms with E-state index in [9.17, 15) is 9.59 Å². The van der Waals surface area contributed by atoms with Gasteiger partial charge in [0.25, 0.3) is 5.91 Å². The maximum absolute atomic E-state index is 14.6. The van der Waals surface area contributed by atoms with Crippen LogP contribution in [0.3, 0.4) is 0 Å². The zero-order valence-corrected chi connectivity index (χ0v) is 26.2. The van der Waals surface area contributed by atoms with Crippen molar-refractivity contribution in [1.29, 1.82) is 0 Å². The highest BCUT2D eigenvalue weighted by Crippen LogP contribution is 2.52. The predicted molar refractivity (Wildman–Crippen MR) is 156 cm³/mol. The van der Waals surface area contributed by atoms with Crippen molar-refractivity contribution in [3.63, 3.8) is 0 Å². The first-order valence-electron chi connectivity index (χ1n) is 13.5. The first kappa shape index (κ1) is 31.4. The molecule has 2 aromatic rings. The molecule has 0 radical (unpaired) electrons. The maximum atomic E-state index is 14.6. The van der Waals surface area contributed by atoms with E-state index in [1.807, 2.05) is 26.0 Å². The van der Waals surface area contributed by atoms with Crippen LogP contribution in [0.5, 0.6) is 5.75 Å². The van der Waals surface area contributed by atoms with Gasteiger partial charge in [0.1, 0.15) is 11.3 Å².